The normalized spacial score (nSPS) is 16.3. The number of aryl methyl sites for hydroxylation is 1. The fourth-order valence-corrected chi connectivity index (χ4v) is 4.49. The molecule has 2 aromatic rings. The topological polar surface area (TPSA) is 67.0 Å². The van der Waals surface area contributed by atoms with Crippen LogP contribution in [0, 0.1) is 31.0 Å². The molecule has 1 atom stereocenters. The Morgan fingerprint density at radius 2 is 2.16 bits per heavy atom. The van der Waals surface area contributed by atoms with Gasteiger partial charge in [0, 0.05) is 36.0 Å². The second-order valence-corrected chi connectivity index (χ2v) is 8.82. The molecule has 1 aliphatic heterocycles. The SMILES string of the molecule is Cc1cc(/C=C(\C#N)C(=O)NCCCSc2ccc(F)cc2)c(C)n1CC1CCCO1. The van der Waals surface area contributed by atoms with Crippen LogP contribution in [-0.2, 0) is 16.1 Å². The average Bonchev–Trinajstić information content (AvgIpc) is 3.37. The smallest absolute Gasteiger partial charge is 0.261 e. The minimum absolute atomic E-state index is 0.101. The summed E-state index contributed by atoms with van der Waals surface area (Å²) in [6.07, 6.45) is 4.80. The van der Waals surface area contributed by atoms with Gasteiger partial charge in [-0.25, -0.2) is 4.39 Å². The predicted octanol–water partition coefficient (Wildman–Crippen LogP) is 4.63. The highest BCUT2D eigenvalue weighted by molar-refractivity contribution is 7.99. The number of nitrogens with zero attached hydrogens (tertiary/aromatic N) is 2. The summed E-state index contributed by atoms with van der Waals surface area (Å²) >= 11 is 1.61. The second kappa shape index (κ2) is 11.2. The Hall–Kier alpha value is -2.56. The Balaban J connectivity index is 1.52. The molecule has 1 aromatic carbocycles. The number of amides is 1. The summed E-state index contributed by atoms with van der Waals surface area (Å²) < 4.78 is 20.9. The number of thioether (sulfide) groups is 1. The van der Waals surface area contributed by atoms with Crippen LogP contribution in [0.4, 0.5) is 4.39 Å². The third-order valence-electron chi connectivity index (χ3n) is 5.38. The highest BCUT2D eigenvalue weighted by atomic mass is 32.2. The standard InChI is InChI=1S/C24H28FN3O2S/c1-17-13-19(18(2)28(17)16-22-5-3-11-30-22)14-20(15-26)24(29)27-10-4-12-31-23-8-6-21(25)7-9-23/h6-9,13-14,22H,3-5,10-12,16H2,1-2H3,(H,27,29)/b20-14+. The maximum atomic E-state index is 12.9. The van der Waals surface area contributed by atoms with E-state index in [0.717, 1.165) is 60.0 Å². The van der Waals surface area contributed by atoms with E-state index in [0.29, 0.717) is 6.54 Å². The van der Waals surface area contributed by atoms with E-state index in [1.165, 1.54) is 12.1 Å². The first-order valence-corrected chi connectivity index (χ1v) is 11.5. The number of hydrogen-bond acceptors (Lipinski definition) is 4. The summed E-state index contributed by atoms with van der Waals surface area (Å²) in [6.45, 7) is 6.13. The first kappa shape index (κ1) is 23.1. The Morgan fingerprint density at radius 1 is 1.39 bits per heavy atom. The van der Waals surface area contributed by atoms with Crippen LogP contribution in [0.25, 0.3) is 6.08 Å². The number of halogens is 1. The molecule has 1 fully saturated rings. The van der Waals surface area contributed by atoms with Crippen molar-refractivity contribution in [1.29, 1.82) is 5.26 Å². The van der Waals surface area contributed by atoms with Gasteiger partial charge in [0.2, 0.25) is 0 Å². The van der Waals surface area contributed by atoms with Crippen molar-refractivity contribution < 1.29 is 13.9 Å². The van der Waals surface area contributed by atoms with Crippen molar-refractivity contribution in [2.45, 2.75) is 50.7 Å². The molecule has 1 aliphatic rings. The van der Waals surface area contributed by atoms with E-state index in [-0.39, 0.29) is 23.4 Å². The molecule has 164 valence electrons. The van der Waals surface area contributed by atoms with Crippen LogP contribution in [0.15, 0.2) is 40.8 Å². The molecule has 3 rings (SSSR count). The van der Waals surface area contributed by atoms with E-state index in [2.05, 4.69) is 9.88 Å². The van der Waals surface area contributed by atoms with Gasteiger partial charge in [-0.2, -0.15) is 5.26 Å². The quantitative estimate of drug-likeness (QED) is 0.267. The van der Waals surface area contributed by atoms with Crippen molar-refractivity contribution in [3.8, 4) is 6.07 Å². The molecule has 0 spiro atoms. The van der Waals surface area contributed by atoms with E-state index >= 15 is 0 Å². The number of rotatable bonds is 9. The van der Waals surface area contributed by atoms with Gasteiger partial charge in [0.1, 0.15) is 17.5 Å². The highest BCUT2D eigenvalue weighted by Gasteiger charge is 2.19. The highest BCUT2D eigenvalue weighted by Crippen LogP contribution is 2.22. The molecule has 5 nitrogen and oxygen atoms in total. The summed E-state index contributed by atoms with van der Waals surface area (Å²) in [7, 11) is 0. The molecule has 1 aromatic heterocycles. The molecule has 0 saturated carbocycles. The Bertz CT molecular complexity index is 970. The summed E-state index contributed by atoms with van der Waals surface area (Å²) in [5, 5.41) is 12.3. The first-order chi connectivity index (χ1) is 15.0. The van der Waals surface area contributed by atoms with Crippen molar-refractivity contribution in [3.05, 3.63) is 58.7 Å². The Kier molecular flexibility index (Phi) is 8.33. The summed E-state index contributed by atoms with van der Waals surface area (Å²) in [5.74, 6) is 0.181. The van der Waals surface area contributed by atoms with Gasteiger partial charge >= 0.3 is 0 Å². The lowest BCUT2D eigenvalue weighted by atomic mass is 10.1. The molecule has 1 unspecified atom stereocenters. The van der Waals surface area contributed by atoms with Crippen LogP contribution in [-0.4, -0.2) is 35.5 Å². The molecular formula is C24H28FN3O2S. The number of nitriles is 1. The van der Waals surface area contributed by atoms with Gasteiger partial charge in [0.15, 0.2) is 0 Å². The summed E-state index contributed by atoms with van der Waals surface area (Å²) in [4.78, 5) is 13.4. The Morgan fingerprint density at radius 3 is 2.84 bits per heavy atom. The number of hydrogen-bond donors (Lipinski definition) is 1. The lowest BCUT2D eigenvalue weighted by Crippen LogP contribution is -2.25. The third-order valence-corrected chi connectivity index (χ3v) is 6.48. The van der Waals surface area contributed by atoms with Gasteiger partial charge in [0.25, 0.3) is 5.91 Å². The molecule has 1 saturated heterocycles. The Labute approximate surface area is 187 Å². The number of aromatic nitrogens is 1. The third kappa shape index (κ3) is 6.46. The van der Waals surface area contributed by atoms with Crippen LogP contribution < -0.4 is 5.32 Å². The minimum atomic E-state index is -0.363. The number of carbonyl (C=O) groups is 1. The predicted molar refractivity (Wildman–Crippen MR) is 121 cm³/mol. The van der Waals surface area contributed by atoms with Crippen LogP contribution in [0.5, 0.6) is 0 Å². The lowest BCUT2D eigenvalue weighted by molar-refractivity contribution is -0.117. The minimum Gasteiger partial charge on any atom is -0.376 e. The van der Waals surface area contributed by atoms with Crippen molar-refractivity contribution in [1.82, 2.24) is 9.88 Å². The molecule has 2 heterocycles. The number of ether oxygens (including phenoxy) is 1. The lowest BCUT2D eigenvalue weighted by Gasteiger charge is -2.14. The van der Waals surface area contributed by atoms with E-state index < -0.39 is 0 Å². The van der Waals surface area contributed by atoms with Crippen LogP contribution in [0.1, 0.15) is 36.2 Å². The van der Waals surface area contributed by atoms with Gasteiger partial charge in [-0.3, -0.25) is 4.79 Å². The zero-order valence-corrected chi connectivity index (χ0v) is 18.8. The maximum Gasteiger partial charge on any atom is 0.261 e. The molecule has 1 N–H and O–H groups in total. The van der Waals surface area contributed by atoms with E-state index in [1.807, 2.05) is 26.0 Å². The largest absolute Gasteiger partial charge is 0.376 e. The van der Waals surface area contributed by atoms with Crippen LogP contribution in [0.3, 0.4) is 0 Å². The van der Waals surface area contributed by atoms with Crippen molar-refractivity contribution in [3.63, 3.8) is 0 Å². The molecule has 31 heavy (non-hydrogen) atoms. The number of nitrogens with one attached hydrogen (secondary N) is 1. The fourth-order valence-electron chi connectivity index (χ4n) is 3.64. The maximum absolute atomic E-state index is 12.9. The van der Waals surface area contributed by atoms with Gasteiger partial charge in [-0.05, 0) is 80.8 Å². The molecule has 0 radical (unpaired) electrons. The van der Waals surface area contributed by atoms with Crippen molar-refractivity contribution in [2.75, 3.05) is 18.9 Å². The van der Waals surface area contributed by atoms with Crippen LogP contribution in [0.2, 0.25) is 0 Å². The monoisotopic (exact) mass is 441 g/mol. The average molecular weight is 442 g/mol. The van der Waals surface area contributed by atoms with Gasteiger partial charge in [-0.1, -0.05) is 0 Å². The van der Waals surface area contributed by atoms with Crippen LogP contribution >= 0.6 is 11.8 Å². The number of carbonyl (C=O) groups excluding carboxylic acids is 1. The zero-order valence-electron chi connectivity index (χ0n) is 18.0. The zero-order chi connectivity index (χ0) is 22.2. The fraction of sp³-hybridized carbons (Fsp3) is 0.417. The molecule has 1 amide bonds. The van der Waals surface area contributed by atoms with E-state index in [9.17, 15) is 14.4 Å². The van der Waals surface area contributed by atoms with E-state index in [4.69, 9.17) is 4.74 Å². The van der Waals surface area contributed by atoms with Crippen molar-refractivity contribution in [2.24, 2.45) is 0 Å². The van der Waals surface area contributed by atoms with Gasteiger partial charge in [-0.15, -0.1) is 11.8 Å². The van der Waals surface area contributed by atoms with E-state index in [1.54, 1.807) is 30.0 Å². The second-order valence-electron chi connectivity index (χ2n) is 7.65. The van der Waals surface area contributed by atoms with Crippen molar-refractivity contribution >= 4 is 23.7 Å². The molecule has 0 bridgehead atoms. The van der Waals surface area contributed by atoms with Gasteiger partial charge in [0.05, 0.1) is 6.10 Å². The van der Waals surface area contributed by atoms with Gasteiger partial charge < -0.3 is 14.6 Å². The first-order valence-electron chi connectivity index (χ1n) is 10.5. The summed E-state index contributed by atoms with van der Waals surface area (Å²) in [5.41, 5.74) is 3.11. The molecule has 0 aliphatic carbocycles. The molecular weight excluding hydrogens is 413 g/mol. The summed E-state index contributed by atoms with van der Waals surface area (Å²) in [6, 6.07) is 10.4. The number of benzene rings is 1. The molecule has 7 heteroatoms.